The molecule has 9 rings (SSSR count). The molecule has 2 aromatic heterocycles. The number of benzene rings is 7. The lowest BCUT2D eigenvalue weighted by Crippen LogP contribution is -2.01. The first-order chi connectivity index (χ1) is 28.0. The van der Waals surface area contributed by atoms with Crippen LogP contribution in [-0.4, -0.2) is 19.5 Å². The molecule has 0 radical (unpaired) electrons. The van der Waals surface area contributed by atoms with E-state index in [9.17, 15) is 0 Å². The number of nitrogens with zero attached hydrogens (tertiary/aromatic N) is 4. The summed E-state index contributed by atoms with van der Waals surface area (Å²) >= 11 is 0. The Morgan fingerprint density at radius 1 is 0.408 bits per heavy atom. The summed E-state index contributed by atoms with van der Waals surface area (Å²) in [6.45, 7) is 0. The molecule has 0 unspecified atom stereocenters. The van der Waals surface area contributed by atoms with Crippen LogP contribution in [-0.2, 0) is 0 Å². The summed E-state index contributed by atoms with van der Waals surface area (Å²) in [6.07, 6.45) is 0. The van der Waals surface area contributed by atoms with Crippen molar-refractivity contribution < 1.29 is 12.3 Å². The van der Waals surface area contributed by atoms with Crippen LogP contribution in [0.4, 0.5) is 0 Å². The Bertz CT molecular complexity index is 3070. The molecule has 4 nitrogen and oxygen atoms in total. The molecule has 4 heteroatoms. The molecule has 0 N–H and O–H groups in total. The van der Waals surface area contributed by atoms with Crippen LogP contribution < -0.4 is 0 Å². The first-order valence-corrected chi connectivity index (χ1v) is 15.7. The molecular weight excluding hydrogens is 597 g/mol. The third-order valence-corrected chi connectivity index (χ3v) is 8.47. The topological polar surface area (TPSA) is 43.6 Å². The lowest BCUT2D eigenvalue weighted by atomic mass is 10.0. The van der Waals surface area contributed by atoms with Gasteiger partial charge in [-0.25, -0.2) is 15.0 Å². The Labute approximate surface area is 297 Å². The van der Waals surface area contributed by atoms with E-state index in [1.807, 2.05) is 97.1 Å². The smallest absolute Gasteiger partial charge is 0.164 e. The molecule has 49 heavy (non-hydrogen) atoms. The highest BCUT2D eigenvalue weighted by atomic mass is 15.0. The van der Waals surface area contributed by atoms with Crippen LogP contribution in [0.2, 0.25) is 0 Å². The fourth-order valence-electron chi connectivity index (χ4n) is 6.19. The summed E-state index contributed by atoms with van der Waals surface area (Å²) in [5, 5.41) is 0.651. The highest BCUT2D eigenvalue weighted by molar-refractivity contribution is 6.13. The summed E-state index contributed by atoms with van der Waals surface area (Å²) in [5.74, 6) is 1.25. The van der Waals surface area contributed by atoms with Crippen molar-refractivity contribution in [3.05, 3.63) is 182 Å². The second-order valence-electron chi connectivity index (χ2n) is 11.4. The van der Waals surface area contributed by atoms with Crippen LogP contribution in [0.5, 0.6) is 0 Å². The molecule has 0 saturated carbocycles. The van der Waals surface area contributed by atoms with Crippen LogP contribution in [0.25, 0.3) is 83.9 Å². The normalized spacial score (nSPS) is 13.8. The van der Waals surface area contributed by atoms with Gasteiger partial charge >= 0.3 is 0 Å². The van der Waals surface area contributed by atoms with Crippen molar-refractivity contribution in [2.45, 2.75) is 0 Å². The third-order valence-electron chi connectivity index (χ3n) is 8.47. The number of para-hydroxylation sites is 2. The monoisotopic (exact) mass is 635 g/mol. The van der Waals surface area contributed by atoms with Crippen molar-refractivity contribution in [2.24, 2.45) is 0 Å². The lowest BCUT2D eigenvalue weighted by molar-refractivity contribution is 1.07. The fourth-order valence-corrected chi connectivity index (χ4v) is 6.19. The van der Waals surface area contributed by atoms with Gasteiger partial charge in [0.25, 0.3) is 0 Å². The Kier molecular flexibility index (Phi) is 5.11. The molecule has 0 aliphatic rings. The first kappa shape index (κ1) is 20.6. The minimum atomic E-state index is -0.530. The second kappa shape index (κ2) is 12.2. The number of hydrogen-bond acceptors (Lipinski definition) is 3. The third kappa shape index (κ3) is 5.26. The van der Waals surface area contributed by atoms with E-state index in [4.69, 9.17) is 27.3 Å². The number of fused-ring (bicyclic) bond motifs is 3. The largest absolute Gasteiger partial charge is 0.309 e. The number of hydrogen-bond donors (Lipinski definition) is 0. The van der Waals surface area contributed by atoms with Crippen molar-refractivity contribution in [3.8, 4) is 62.1 Å². The molecule has 7 aromatic carbocycles. The minimum absolute atomic E-state index is 0.0556. The van der Waals surface area contributed by atoms with E-state index < -0.39 is 42.3 Å². The van der Waals surface area contributed by atoms with Gasteiger partial charge in [0.15, 0.2) is 17.5 Å². The molecular formula is C45H30N4. The van der Waals surface area contributed by atoms with Gasteiger partial charge in [0.05, 0.1) is 23.4 Å². The summed E-state index contributed by atoms with van der Waals surface area (Å²) < 4.78 is 79.8. The molecule has 0 amide bonds. The predicted octanol–water partition coefficient (Wildman–Crippen LogP) is 11.3. The van der Waals surface area contributed by atoms with E-state index in [-0.39, 0.29) is 34.1 Å². The molecule has 0 saturated heterocycles. The number of rotatable bonds is 6. The summed E-state index contributed by atoms with van der Waals surface area (Å²) in [5.41, 5.74) is 5.45. The van der Waals surface area contributed by atoms with Crippen LogP contribution in [0.1, 0.15) is 12.3 Å². The highest BCUT2D eigenvalue weighted by Gasteiger charge is 2.18. The van der Waals surface area contributed by atoms with Crippen molar-refractivity contribution in [2.75, 3.05) is 0 Å². The van der Waals surface area contributed by atoms with Gasteiger partial charge < -0.3 is 4.57 Å². The molecule has 0 spiro atoms. The first-order valence-electron chi connectivity index (χ1n) is 20.2. The van der Waals surface area contributed by atoms with Crippen LogP contribution >= 0.6 is 0 Å². The molecule has 2 heterocycles. The quantitative estimate of drug-likeness (QED) is 0.183. The number of aromatic nitrogens is 4. The maximum Gasteiger partial charge on any atom is 0.164 e. The van der Waals surface area contributed by atoms with Gasteiger partial charge in [-0.2, -0.15) is 0 Å². The summed E-state index contributed by atoms with van der Waals surface area (Å²) in [7, 11) is 0. The molecule has 0 aliphatic carbocycles. The molecule has 230 valence electrons. The van der Waals surface area contributed by atoms with E-state index in [1.165, 1.54) is 0 Å². The Morgan fingerprint density at radius 3 is 1.69 bits per heavy atom. The zero-order valence-electron chi connectivity index (χ0n) is 34.9. The van der Waals surface area contributed by atoms with Gasteiger partial charge in [-0.05, 0) is 34.9 Å². The molecule has 9 aromatic rings. The van der Waals surface area contributed by atoms with Crippen molar-refractivity contribution in [1.82, 2.24) is 19.5 Å². The van der Waals surface area contributed by atoms with Crippen LogP contribution in [0.3, 0.4) is 0 Å². The highest BCUT2D eigenvalue weighted by Crippen LogP contribution is 2.38. The van der Waals surface area contributed by atoms with E-state index in [1.54, 1.807) is 34.9 Å². The van der Waals surface area contributed by atoms with Gasteiger partial charge in [0, 0.05) is 38.7 Å². The Morgan fingerprint density at radius 2 is 0.959 bits per heavy atom. The zero-order valence-corrected chi connectivity index (χ0v) is 25.9. The summed E-state index contributed by atoms with van der Waals surface area (Å²) in [6, 6.07) is 36.1. The van der Waals surface area contributed by atoms with Crippen LogP contribution in [0, 0.1) is 0 Å². The molecule has 0 fully saturated rings. The van der Waals surface area contributed by atoms with Crippen LogP contribution in [0.15, 0.2) is 182 Å². The lowest BCUT2D eigenvalue weighted by Gasteiger charge is -2.13. The molecule has 0 atom stereocenters. The van der Waals surface area contributed by atoms with E-state index >= 15 is 0 Å². The second-order valence-corrected chi connectivity index (χ2v) is 11.4. The zero-order chi connectivity index (χ0) is 40.4. The Balaban J connectivity index is 1.30. The van der Waals surface area contributed by atoms with Crippen molar-refractivity contribution >= 4 is 21.8 Å². The van der Waals surface area contributed by atoms with Gasteiger partial charge in [0.2, 0.25) is 0 Å². The Hall–Kier alpha value is -6.65. The average Bonchev–Trinajstić information content (AvgIpc) is 3.63. The van der Waals surface area contributed by atoms with Gasteiger partial charge in [-0.15, -0.1) is 0 Å². The fraction of sp³-hybridized carbons (Fsp3) is 0. The van der Waals surface area contributed by atoms with E-state index in [2.05, 4.69) is 0 Å². The van der Waals surface area contributed by atoms with E-state index in [0.717, 1.165) is 22.3 Å². The van der Waals surface area contributed by atoms with Gasteiger partial charge in [-0.3, -0.25) is 0 Å². The molecule has 0 bridgehead atoms. The summed E-state index contributed by atoms with van der Waals surface area (Å²) in [4.78, 5) is 14.8. The maximum atomic E-state index is 9.14. The average molecular weight is 636 g/mol. The van der Waals surface area contributed by atoms with Crippen molar-refractivity contribution in [1.29, 1.82) is 0 Å². The van der Waals surface area contributed by atoms with Gasteiger partial charge in [-0.1, -0.05) is 164 Å². The minimum Gasteiger partial charge on any atom is -0.309 e. The van der Waals surface area contributed by atoms with Crippen molar-refractivity contribution in [3.63, 3.8) is 0 Å². The van der Waals surface area contributed by atoms with Gasteiger partial charge in [0.1, 0.15) is 0 Å². The predicted molar refractivity (Wildman–Crippen MR) is 201 cm³/mol. The molecule has 0 aliphatic heterocycles. The van der Waals surface area contributed by atoms with E-state index in [0.29, 0.717) is 39.6 Å². The maximum absolute atomic E-state index is 9.14. The SMILES string of the molecule is [2H]c1c([2H])c([2H])c(-c2cccc3c4c([2H])c([2H])c([2H])c([2H])c4n(-c4cccc(-c5nc(-c6ccccc6)nc(-c6ccc(-c7ccccc7)cc6)n5)c4)c23)c([2H])c1[2H]. The standard InChI is InChI=1S/C45H30N4/c1-4-14-31(15-5-1)32-26-28-35(29-27-32)44-46-43(34-18-8-3-9-19-34)47-45(48-44)36-20-12-21-37(30-36)49-41-25-11-10-22-39(41)40-24-13-23-38(42(40)49)33-16-6-2-7-17-33/h1-30H/i2D,6D,7D,10D,11D,16D,17D,22D,25D.